The minimum atomic E-state index is -0.230. The van der Waals surface area contributed by atoms with Gasteiger partial charge in [0.15, 0.2) is 5.65 Å². The normalized spacial score (nSPS) is 11.7. The predicted molar refractivity (Wildman–Crippen MR) is 107 cm³/mol. The number of anilines is 1. The molecule has 0 atom stereocenters. The summed E-state index contributed by atoms with van der Waals surface area (Å²) in [4.78, 5) is 8.95. The summed E-state index contributed by atoms with van der Waals surface area (Å²) in [7, 11) is 0. The molecule has 1 N–H and O–H groups in total. The van der Waals surface area contributed by atoms with Crippen molar-refractivity contribution in [1.82, 2.24) is 14.4 Å². The van der Waals surface area contributed by atoms with Gasteiger partial charge in [0.2, 0.25) is 0 Å². The van der Waals surface area contributed by atoms with Crippen molar-refractivity contribution in [3.05, 3.63) is 72.9 Å². The molecule has 2 aromatic carbocycles. The molecule has 27 heavy (non-hydrogen) atoms. The van der Waals surface area contributed by atoms with Crippen molar-refractivity contribution in [2.45, 2.75) is 26.3 Å². The number of benzene rings is 2. The molecule has 4 rings (SSSR count). The minimum Gasteiger partial charge on any atom is -0.365 e. The van der Waals surface area contributed by atoms with Gasteiger partial charge in [-0.15, -0.1) is 0 Å². The van der Waals surface area contributed by atoms with E-state index in [1.165, 1.54) is 12.1 Å². The molecule has 0 amide bonds. The lowest BCUT2D eigenvalue weighted by Gasteiger charge is -2.22. The number of hydrogen-bond donors (Lipinski definition) is 1. The van der Waals surface area contributed by atoms with Crippen LogP contribution in [0.25, 0.3) is 28.0 Å². The minimum absolute atomic E-state index is 0.109. The Bertz CT molecular complexity index is 1070. The predicted octanol–water partition coefficient (Wildman–Crippen LogP) is 5.41. The molecule has 0 bridgehead atoms. The molecule has 0 aliphatic rings. The third-order valence-corrected chi connectivity index (χ3v) is 4.26. The molecule has 0 aliphatic carbocycles. The third kappa shape index (κ3) is 3.53. The summed E-state index contributed by atoms with van der Waals surface area (Å²) >= 11 is 0. The maximum absolute atomic E-state index is 13.1. The van der Waals surface area contributed by atoms with Crippen LogP contribution in [0, 0.1) is 5.82 Å². The Hall–Kier alpha value is -3.21. The number of imidazole rings is 1. The molecule has 0 unspecified atom stereocenters. The van der Waals surface area contributed by atoms with E-state index in [1.807, 2.05) is 34.9 Å². The molecule has 2 heterocycles. The molecule has 4 nitrogen and oxygen atoms in total. The average Bonchev–Trinajstić information content (AvgIpc) is 3.00. The maximum Gasteiger partial charge on any atom is 0.157 e. The van der Waals surface area contributed by atoms with Gasteiger partial charge in [-0.1, -0.05) is 36.4 Å². The van der Waals surface area contributed by atoms with E-state index in [0.29, 0.717) is 0 Å². The smallest absolute Gasteiger partial charge is 0.157 e. The van der Waals surface area contributed by atoms with Crippen LogP contribution in [-0.2, 0) is 0 Å². The van der Waals surface area contributed by atoms with Crippen LogP contribution in [-0.4, -0.2) is 19.9 Å². The molecule has 0 aliphatic heterocycles. The first-order valence-electron chi connectivity index (χ1n) is 8.87. The first kappa shape index (κ1) is 17.2. The number of hydrogen-bond acceptors (Lipinski definition) is 3. The van der Waals surface area contributed by atoms with Crippen LogP contribution in [0.3, 0.4) is 0 Å². The molecule has 136 valence electrons. The second-order valence-electron chi connectivity index (χ2n) is 7.57. The van der Waals surface area contributed by atoms with Crippen LogP contribution < -0.4 is 5.32 Å². The Morgan fingerprint density at radius 3 is 2.11 bits per heavy atom. The van der Waals surface area contributed by atoms with Gasteiger partial charge in [0.1, 0.15) is 17.3 Å². The van der Waals surface area contributed by atoms with E-state index in [1.54, 1.807) is 24.5 Å². The number of nitrogens with zero attached hydrogens (tertiary/aromatic N) is 3. The van der Waals surface area contributed by atoms with Crippen molar-refractivity contribution in [3.63, 3.8) is 0 Å². The van der Waals surface area contributed by atoms with Crippen LogP contribution in [0.4, 0.5) is 10.2 Å². The van der Waals surface area contributed by atoms with Gasteiger partial charge in [-0.3, -0.25) is 9.38 Å². The molecule has 0 spiro atoms. The quantitative estimate of drug-likeness (QED) is 0.531. The maximum atomic E-state index is 13.1. The fraction of sp³-hybridized carbons (Fsp3) is 0.182. The Morgan fingerprint density at radius 2 is 1.48 bits per heavy atom. The van der Waals surface area contributed by atoms with Crippen molar-refractivity contribution in [2.75, 3.05) is 5.32 Å². The zero-order valence-electron chi connectivity index (χ0n) is 15.6. The summed E-state index contributed by atoms with van der Waals surface area (Å²) in [5.41, 5.74) is 4.59. The summed E-state index contributed by atoms with van der Waals surface area (Å²) < 4.78 is 15.2. The highest BCUT2D eigenvalue weighted by molar-refractivity contribution is 5.78. The lowest BCUT2D eigenvalue weighted by atomic mass is 10.0. The molecule has 4 aromatic rings. The summed E-state index contributed by atoms with van der Waals surface area (Å²) in [6.45, 7) is 6.36. The van der Waals surface area contributed by atoms with E-state index in [4.69, 9.17) is 4.98 Å². The Labute approximate surface area is 157 Å². The van der Waals surface area contributed by atoms with Gasteiger partial charge in [-0.05, 0) is 44.0 Å². The molecular weight excluding hydrogens is 339 g/mol. The topological polar surface area (TPSA) is 42.2 Å². The highest BCUT2D eigenvalue weighted by Gasteiger charge is 2.19. The average molecular weight is 360 g/mol. The van der Waals surface area contributed by atoms with Crippen LogP contribution in [0.2, 0.25) is 0 Å². The second-order valence-corrected chi connectivity index (χ2v) is 7.57. The van der Waals surface area contributed by atoms with Crippen molar-refractivity contribution in [1.29, 1.82) is 0 Å². The number of rotatable bonds is 3. The largest absolute Gasteiger partial charge is 0.365 e. The molecular formula is C22H21FN4. The van der Waals surface area contributed by atoms with E-state index in [9.17, 15) is 4.39 Å². The summed E-state index contributed by atoms with van der Waals surface area (Å²) in [5, 5.41) is 3.55. The second kappa shape index (κ2) is 6.50. The number of aromatic nitrogens is 3. The Balaban J connectivity index is 1.77. The number of halogens is 1. The Kier molecular flexibility index (Phi) is 4.15. The van der Waals surface area contributed by atoms with E-state index < -0.39 is 0 Å². The summed E-state index contributed by atoms with van der Waals surface area (Å²) in [6, 6.07) is 14.7. The van der Waals surface area contributed by atoms with Crippen LogP contribution in [0.15, 0.2) is 67.1 Å². The van der Waals surface area contributed by atoms with Gasteiger partial charge in [0.25, 0.3) is 0 Å². The number of fused-ring (bicyclic) bond motifs is 1. The van der Waals surface area contributed by atoms with E-state index in [0.717, 1.165) is 33.8 Å². The Morgan fingerprint density at radius 1 is 0.889 bits per heavy atom. The highest BCUT2D eigenvalue weighted by atomic mass is 19.1. The zero-order valence-corrected chi connectivity index (χ0v) is 15.6. The van der Waals surface area contributed by atoms with Gasteiger partial charge < -0.3 is 5.32 Å². The summed E-state index contributed by atoms with van der Waals surface area (Å²) in [6.07, 6.45) is 5.42. The SMILES string of the molecule is CC(C)(C)Nc1c(-c2ccc(-c3ccc(F)cc3)cc2)nc2cnccn12. The van der Waals surface area contributed by atoms with Crippen molar-refractivity contribution < 1.29 is 4.39 Å². The molecule has 0 radical (unpaired) electrons. The van der Waals surface area contributed by atoms with Crippen molar-refractivity contribution in [2.24, 2.45) is 0 Å². The van der Waals surface area contributed by atoms with Gasteiger partial charge in [0, 0.05) is 23.5 Å². The van der Waals surface area contributed by atoms with Gasteiger partial charge in [-0.25, -0.2) is 9.37 Å². The monoisotopic (exact) mass is 360 g/mol. The molecule has 0 saturated heterocycles. The molecule has 0 fully saturated rings. The highest BCUT2D eigenvalue weighted by Crippen LogP contribution is 2.32. The number of nitrogens with one attached hydrogen (secondary N) is 1. The van der Waals surface area contributed by atoms with Gasteiger partial charge in [-0.2, -0.15) is 0 Å². The van der Waals surface area contributed by atoms with Gasteiger partial charge >= 0.3 is 0 Å². The fourth-order valence-corrected chi connectivity index (χ4v) is 3.05. The van der Waals surface area contributed by atoms with Gasteiger partial charge in [0.05, 0.1) is 6.20 Å². The fourth-order valence-electron chi connectivity index (χ4n) is 3.05. The molecule has 5 heteroatoms. The van der Waals surface area contributed by atoms with Crippen LogP contribution >= 0.6 is 0 Å². The molecule has 0 saturated carbocycles. The first-order valence-corrected chi connectivity index (χ1v) is 8.87. The van der Waals surface area contributed by atoms with Crippen LogP contribution in [0.5, 0.6) is 0 Å². The van der Waals surface area contributed by atoms with E-state index in [2.05, 4.69) is 31.1 Å². The van der Waals surface area contributed by atoms with E-state index in [-0.39, 0.29) is 11.4 Å². The van der Waals surface area contributed by atoms with E-state index >= 15 is 0 Å². The zero-order chi connectivity index (χ0) is 19.0. The van der Waals surface area contributed by atoms with Crippen molar-refractivity contribution >= 4 is 11.5 Å². The first-order chi connectivity index (χ1) is 12.9. The lowest BCUT2D eigenvalue weighted by Crippen LogP contribution is -2.27. The standard InChI is InChI=1S/C22H21FN4/c1-22(2,3)26-21-20(25-19-14-24-12-13-27(19)21)17-6-4-15(5-7-17)16-8-10-18(23)11-9-16/h4-14,26H,1-3H3. The summed E-state index contributed by atoms with van der Waals surface area (Å²) in [5.74, 6) is 0.709. The third-order valence-electron chi connectivity index (χ3n) is 4.26. The lowest BCUT2D eigenvalue weighted by molar-refractivity contribution is 0.628. The van der Waals surface area contributed by atoms with Crippen LogP contribution in [0.1, 0.15) is 20.8 Å². The molecule has 2 aromatic heterocycles. The van der Waals surface area contributed by atoms with Crippen molar-refractivity contribution in [3.8, 4) is 22.4 Å².